The molecule has 0 aliphatic heterocycles. The molecule has 0 fully saturated rings. The van der Waals surface area contributed by atoms with Crippen molar-refractivity contribution in [2.45, 2.75) is 5.66 Å². The highest BCUT2D eigenvalue weighted by molar-refractivity contribution is 9.11. The SMILES string of the molecule is Br.BrC=C1C=CC=CC1P(c1ccccc1)c1ccccc1. The van der Waals surface area contributed by atoms with Crippen LogP contribution in [0.5, 0.6) is 0 Å². The highest BCUT2D eigenvalue weighted by Crippen LogP contribution is 2.45. The largest absolute Gasteiger partial charge is 0.114 e. The Bertz CT molecular complexity index is 636. The molecule has 1 unspecified atom stereocenters. The van der Waals surface area contributed by atoms with E-state index in [1.807, 2.05) is 0 Å². The van der Waals surface area contributed by atoms with E-state index in [9.17, 15) is 0 Å². The van der Waals surface area contributed by atoms with E-state index in [4.69, 9.17) is 0 Å². The fourth-order valence-electron chi connectivity index (χ4n) is 2.53. The molecule has 3 heteroatoms. The maximum Gasteiger partial charge on any atom is 0.0310 e. The van der Waals surface area contributed by atoms with Crippen LogP contribution in [0, 0.1) is 0 Å². The van der Waals surface area contributed by atoms with Crippen LogP contribution in [0.1, 0.15) is 0 Å². The molecule has 1 aliphatic rings. The molecule has 0 heterocycles. The maximum absolute atomic E-state index is 3.53. The van der Waals surface area contributed by atoms with Gasteiger partial charge in [0, 0.05) is 5.66 Å². The van der Waals surface area contributed by atoms with Gasteiger partial charge in [-0.25, -0.2) is 0 Å². The Morgan fingerprint density at radius 3 is 1.86 bits per heavy atom. The average Bonchev–Trinajstić information content (AvgIpc) is 2.58. The molecule has 0 radical (unpaired) electrons. The minimum Gasteiger partial charge on any atom is -0.114 e. The summed E-state index contributed by atoms with van der Waals surface area (Å²) in [5, 5.41) is 2.82. The Labute approximate surface area is 152 Å². The third-order valence-corrected chi connectivity index (χ3v) is 6.77. The van der Waals surface area contributed by atoms with Crippen LogP contribution in [-0.2, 0) is 0 Å². The Morgan fingerprint density at radius 2 is 1.36 bits per heavy atom. The molecule has 0 N–H and O–H groups in total. The number of benzene rings is 2. The average molecular weight is 436 g/mol. The summed E-state index contributed by atoms with van der Waals surface area (Å²) in [5.41, 5.74) is 1.74. The van der Waals surface area contributed by atoms with Gasteiger partial charge < -0.3 is 0 Å². The van der Waals surface area contributed by atoms with E-state index >= 15 is 0 Å². The van der Waals surface area contributed by atoms with Crippen LogP contribution in [0.25, 0.3) is 0 Å². The molecule has 0 saturated heterocycles. The van der Waals surface area contributed by atoms with Gasteiger partial charge in [-0.05, 0) is 29.1 Å². The van der Waals surface area contributed by atoms with Crippen molar-refractivity contribution in [3.8, 4) is 0 Å². The molecular weight excluding hydrogens is 419 g/mol. The summed E-state index contributed by atoms with van der Waals surface area (Å²) in [6.07, 6.45) is 8.78. The van der Waals surface area contributed by atoms with Crippen molar-refractivity contribution in [1.29, 1.82) is 0 Å². The van der Waals surface area contributed by atoms with Gasteiger partial charge in [0.1, 0.15) is 0 Å². The number of hydrogen-bond donors (Lipinski definition) is 0. The van der Waals surface area contributed by atoms with E-state index in [-0.39, 0.29) is 17.0 Å². The second-order valence-electron chi connectivity index (χ2n) is 4.84. The van der Waals surface area contributed by atoms with Crippen LogP contribution in [0.3, 0.4) is 0 Å². The number of allylic oxidation sites excluding steroid dienone is 5. The monoisotopic (exact) mass is 434 g/mol. The first-order valence-corrected chi connectivity index (χ1v) is 9.27. The molecule has 0 amide bonds. The minimum atomic E-state index is -0.451. The molecule has 2 aromatic rings. The first-order valence-electron chi connectivity index (χ1n) is 6.94. The molecule has 0 saturated carbocycles. The predicted molar refractivity (Wildman–Crippen MR) is 108 cm³/mol. The summed E-state index contributed by atoms with van der Waals surface area (Å²) in [6, 6.07) is 21.7. The van der Waals surface area contributed by atoms with Gasteiger partial charge in [-0.3, -0.25) is 0 Å². The molecule has 1 aliphatic carbocycles. The fourth-order valence-corrected chi connectivity index (χ4v) is 5.83. The van der Waals surface area contributed by atoms with Crippen LogP contribution < -0.4 is 10.6 Å². The van der Waals surface area contributed by atoms with Gasteiger partial charge >= 0.3 is 0 Å². The number of hydrogen-bond acceptors (Lipinski definition) is 0. The zero-order chi connectivity index (χ0) is 14.5. The van der Waals surface area contributed by atoms with Gasteiger partial charge in [0.2, 0.25) is 0 Å². The smallest absolute Gasteiger partial charge is 0.0310 e. The van der Waals surface area contributed by atoms with Crippen molar-refractivity contribution in [2.24, 2.45) is 0 Å². The summed E-state index contributed by atoms with van der Waals surface area (Å²) in [5.74, 6) is 0. The second kappa shape index (κ2) is 8.62. The highest BCUT2D eigenvalue weighted by Gasteiger charge is 2.25. The molecule has 0 spiro atoms. The van der Waals surface area contributed by atoms with Gasteiger partial charge in [-0.1, -0.05) is 101 Å². The Morgan fingerprint density at radius 1 is 0.818 bits per heavy atom. The third-order valence-electron chi connectivity index (χ3n) is 3.51. The lowest BCUT2D eigenvalue weighted by atomic mass is 10.1. The molecular formula is C19H17Br2P. The van der Waals surface area contributed by atoms with E-state index in [0.717, 1.165) is 0 Å². The lowest BCUT2D eigenvalue weighted by molar-refractivity contribution is 1.28. The molecule has 0 nitrogen and oxygen atoms in total. The van der Waals surface area contributed by atoms with Crippen molar-refractivity contribution in [2.75, 3.05) is 0 Å². The van der Waals surface area contributed by atoms with E-state index in [1.165, 1.54) is 16.2 Å². The minimum absolute atomic E-state index is 0. The lowest BCUT2D eigenvalue weighted by Crippen LogP contribution is -2.22. The van der Waals surface area contributed by atoms with E-state index in [2.05, 4.69) is 106 Å². The standard InChI is InChI=1S/C19H16BrP.BrH/c20-15-16-9-7-8-14-19(16)21(17-10-3-1-4-11-17)18-12-5-2-6-13-18;/h1-15,19H;1H. The summed E-state index contributed by atoms with van der Waals surface area (Å²) >= 11 is 3.53. The molecule has 1 atom stereocenters. The molecule has 0 bridgehead atoms. The summed E-state index contributed by atoms with van der Waals surface area (Å²) in [4.78, 5) is 2.05. The van der Waals surface area contributed by atoms with Gasteiger partial charge in [-0.2, -0.15) is 0 Å². The summed E-state index contributed by atoms with van der Waals surface area (Å²) < 4.78 is 0. The Balaban J connectivity index is 0.00000176. The molecule has 3 rings (SSSR count). The topological polar surface area (TPSA) is 0 Å². The highest BCUT2D eigenvalue weighted by atomic mass is 79.9. The summed E-state index contributed by atoms with van der Waals surface area (Å²) in [6.45, 7) is 0. The van der Waals surface area contributed by atoms with Gasteiger partial charge in [-0.15, -0.1) is 17.0 Å². The molecule has 22 heavy (non-hydrogen) atoms. The van der Waals surface area contributed by atoms with Crippen LogP contribution in [-0.4, -0.2) is 5.66 Å². The molecule has 2 aromatic carbocycles. The maximum atomic E-state index is 3.53. The molecule has 0 aromatic heterocycles. The van der Waals surface area contributed by atoms with Crippen molar-refractivity contribution in [3.63, 3.8) is 0 Å². The second-order valence-corrected chi connectivity index (χ2v) is 7.63. The van der Waals surface area contributed by atoms with Crippen molar-refractivity contribution in [1.82, 2.24) is 0 Å². The fraction of sp³-hybridized carbons (Fsp3) is 0.0526. The van der Waals surface area contributed by atoms with Crippen LogP contribution in [0.4, 0.5) is 0 Å². The van der Waals surface area contributed by atoms with E-state index in [0.29, 0.717) is 5.66 Å². The van der Waals surface area contributed by atoms with Crippen LogP contribution in [0.2, 0.25) is 0 Å². The molecule has 112 valence electrons. The van der Waals surface area contributed by atoms with Gasteiger partial charge in [0.15, 0.2) is 0 Å². The predicted octanol–water partition coefficient (Wildman–Crippen LogP) is 5.47. The zero-order valence-electron chi connectivity index (χ0n) is 12.0. The van der Waals surface area contributed by atoms with Crippen molar-refractivity contribution in [3.05, 3.63) is 95.5 Å². The van der Waals surface area contributed by atoms with Crippen molar-refractivity contribution < 1.29 is 0 Å². The van der Waals surface area contributed by atoms with Gasteiger partial charge in [0.05, 0.1) is 0 Å². The van der Waals surface area contributed by atoms with E-state index in [1.54, 1.807) is 0 Å². The lowest BCUT2D eigenvalue weighted by Gasteiger charge is -2.28. The van der Waals surface area contributed by atoms with E-state index < -0.39 is 7.92 Å². The Kier molecular flexibility index (Phi) is 6.82. The summed E-state index contributed by atoms with van der Waals surface area (Å²) in [7, 11) is -0.451. The van der Waals surface area contributed by atoms with Gasteiger partial charge in [0.25, 0.3) is 0 Å². The normalized spacial score (nSPS) is 18.5. The Hall–Kier alpha value is -0.950. The van der Waals surface area contributed by atoms with Crippen LogP contribution in [0.15, 0.2) is 95.5 Å². The van der Waals surface area contributed by atoms with Crippen molar-refractivity contribution >= 4 is 51.4 Å². The third kappa shape index (κ3) is 3.87. The quantitative estimate of drug-likeness (QED) is 0.560. The first-order chi connectivity index (χ1) is 10.4. The zero-order valence-corrected chi connectivity index (χ0v) is 16.2. The number of halogens is 2. The first kappa shape index (κ1) is 17.4. The van der Waals surface area contributed by atoms with Crippen LogP contribution >= 0.6 is 40.8 Å². The number of rotatable bonds is 3.